The Hall–Kier alpha value is -2.69. The van der Waals surface area contributed by atoms with E-state index in [1.165, 1.54) is 12.8 Å². The van der Waals surface area contributed by atoms with Crippen molar-refractivity contribution in [1.29, 1.82) is 0 Å². The lowest BCUT2D eigenvalue weighted by atomic mass is 9.79. The molecule has 0 saturated carbocycles. The molecule has 3 fully saturated rings. The number of fused-ring (bicyclic) bond motifs is 4. The molecule has 0 aromatic carbocycles. The number of piperidine rings is 3. The summed E-state index contributed by atoms with van der Waals surface area (Å²) in [7, 11) is 0. The first-order valence-electron chi connectivity index (χ1n) is 10.1. The van der Waals surface area contributed by atoms with Crippen LogP contribution < -0.4 is 5.32 Å². The van der Waals surface area contributed by atoms with Gasteiger partial charge in [-0.25, -0.2) is 4.98 Å². The van der Waals surface area contributed by atoms with Crippen molar-refractivity contribution in [1.82, 2.24) is 25.0 Å². The van der Waals surface area contributed by atoms with Crippen molar-refractivity contribution >= 4 is 27.3 Å². The predicted molar refractivity (Wildman–Crippen MR) is 114 cm³/mol. The van der Waals surface area contributed by atoms with Gasteiger partial charge in [-0.05, 0) is 50.9 Å². The maximum absolute atomic E-state index is 12.9. The standard InChI is InChI=1S/C22H23N5OS/c1-15-21(16-5-10-26(15)11-6-16)25-22(28)19-12-18-17(14-29-20(18)13-23-19)4-2-8-27-9-3-7-24-27/h3,7,9,12-16,21H,5-6,8,10-11H2,1H3,(H,25,28)/t15-,21-/m0/s1. The molecule has 6 heterocycles. The molecule has 148 valence electrons. The molecule has 6 rings (SSSR count). The van der Waals surface area contributed by atoms with Crippen LogP contribution in [0.15, 0.2) is 36.1 Å². The van der Waals surface area contributed by atoms with Crippen LogP contribution in [-0.4, -0.2) is 50.7 Å². The Morgan fingerprint density at radius 3 is 3.00 bits per heavy atom. The minimum atomic E-state index is -0.0841. The van der Waals surface area contributed by atoms with Crippen LogP contribution in [0, 0.1) is 17.8 Å². The Labute approximate surface area is 173 Å². The minimum Gasteiger partial charge on any atom is -0.346 e. The molecule has 0 aliphatic carbocycles. The van der Waals surface area contributed by atoms with Crippen molar-refractivity contribution in [2.45, 2.75) is 38.4 Å². The first kappa shape index (κ1) is 18.3. The van der Waals surface area contributed by atoms with E-state index in [-0.39, 0.29) is 11.9 Å². The van der Waals surface area contributed by atoms with Crippen LogP contribution in [0.2, 0.25) is 0 Å². The van der Waals surface area contributed by atoms with Gasteiger partial charge in [0, 0.05) is 47.0 Å². The molecule has 3 aromatic heterocycles. The number of aromatic nitrogens is 3. The van der Waals surface area contributed by atoms with Crippen LogP contribution in [0.3, 0.4) is 0 Å². The molecular formula is C22H23N5OS. The molecule has 3 aromatic rings. The second-order valence-corrected chi connectivity index (χ2v) is 8.74. The highest BCUT2D eigenvalue weighted by molar-refractivity contribution is 7.17. The molecule has 2 atom stereocenters. The van der Waals surface area contributed by atoms with Gasteiger partial charge in [0.15, 0.2) is 0 Å². The lowest BCUT2D eigenvalue weighted by Gasteiger charge is -2.49. The summed E-state index contributed by atoms with van der Waals surface area (Å²) in [6.45, 7) is 5.06. The molecule has 3 aliphatic heterocycles. The second kappa shape index (κ2) is 7.62. The van der Waals surface area contributed by atoms with Gasteiger partial charge in [-0.1, -0.05) is 11.8 Å². The highest BCUT2D eigenvalue weighted by Crippen LogP contribution is 2.32. The fourth-order valence-corrected chi connectivity index (χ4v) is 5.37. The van der Waals surface area contributed by atoms with Crippen LogP contribution in [0.5, 0.6) is 0 Å². The molecule has 7 heteroatoms. The molecule has 2 bridgehead atoms. The number of rotatable bonds is 3. The molecular weight excluding hydrogens is 382 g/mol. The molecule has 0 spiro atoms. The van der Waals surface area contributed by atoms with Crippen molar-refractivity contribution in [2.75, 3.05) is 13.1 Å². The summed E-state index contributed by atoms with van der Waals surface area (Å²) in [5.74, 6) is 6.86. The van der Waals surface area contributed by atoms with E-state index in [9.17, 15) is 4.79 Å². The third-order valence-electron chi connectivity index (χ3n) is 6.19. The zero-order valence-corrected chi connectivity index (χ0v) is 17.2. The molecule has 0 radical (unpaired) electrons. The van der Waals surface area contributed by atoms with E-state index in [2.05, 4.69) is 39.1 Å². The number of carbonyl (C=O) groups excluding carboxylic acids is 1. The zero-order chi connectivity index (χ0) is 19.8. The SMILES string of the molecule is C[C@H]1[C@H](NC(=O)c2cc3c(C#CCn4cccn4)csc3cn2)C2CCN1CC2. The van der Waals surface area contributed by atoms with Gasteiger partial charge in [-0.2, -0.15) is 5.10 Å². The Balaban J connectivity index is 1.35. The Morgan fingerprint density at radius 2 is 2.24 bits per heavy atom. The summed E-state index contributed by atoms with van der Waals surface area (Å²) >= 11 is 1.60. The van der Waals surface area contributed by atoms with Crippen LogP contribution >= 0.6 is 11.3 Å². The first-order chi connectivity index (χ1) is 14.2. The summed E-state index contributed by atoms with van der Waals surface area (Å²) in [5.41, 5.74) is 1.40. The molecule has 6 nitrogen and oxygen atoms in total. The third-order valence-corrected chi connectivity index (χ3v) is 7.13. The Bertz CT molecular complexity index is 1080. The van der Waals surface area contributed by atoms with Gasteiger partial charge in [0.2, 0.25) is 0 Å². The number of hydrogen-bond acceptors (Lipinski definition) is 5. The van der Waals surface area contributed by atoms with Gasteiger partial charge in [0.05, 0.1) is 4.70 Å². The summed E-state index contributed by atoms with van der Waals surface area (Å²) in [6, 6.07) is 4.36. The summed E-state index contributed by atoms with van der Waals surface area (Å²) < 4.78 is 2.83. The molecule has 3 saturated heterocycles. The fourth-order valence-electron chi connectivity index (χ4n) is 4.53. The molecule has 29 heavy (non-hydrogen) atoms. The van der Waals surface area contributed by atoms with Gasteiger partial charge < -0.3 is 5.32 Å². The number of hydrogen-bond donors (Lipinski definition) is 1. The molecule has 1 N–H and O–H groups in total. The first-order valence-corrected chi connectivity index (χ1v) is 11.0. The second-order valence-electron chi connectivity index (χ2n) is 7.83. The van der Waals surface area contributed by atoms with Gasteiger partial charge in [-0.3, -0.25) is 14.4 Å². The van der Waals surface area contributed by atoms with E-state index < -0.39 is 0 Å². The summed E-state index contributed by atoms with van der Waals surface area (Å²) in [4.78, 5) is 19.8. The number of thiophene rings is 1. The minimum absolute atomic E-state index is 0.0841. The Morgan fingerprint density at radius 1 is 1.38 bits per heavy atom. The van der Waals surface area contributed by atoms with E-state index in [0.717, 1.165) is 28.7 Å². The van der Waals surface area contributed by atoms with Gasteiger partial charge >= 0.3 is 0 Å². The van der Waals surface area contributed by atoms with Gasteiger partial charge in [-0.15, -0.1) is 11.3 Å². The maximum atomic E-state index is 12.9. The van der Waals surface area contributed by atoms with Crippen molar-refractivity contribution < 1.29 is 4.79 Å². The summed E-state index contributed by atoms with van der Waals surface area (Å²) in [6.07, 6.45) is 7.76. The maximum Gasteiger partial charge on any atom is 0.270 e. The number of amides is 1. The molecule has 3 aliphatic rings. The van der Waals surface area contributed by atoms with Crippen molar-refractivity contribution in [3.63, 3.8) is 0 Å². The van der Waals surface area contributed by atoms with Crippen LogP contribution in [0.25, 0.3) is 10.1 Å². The quantitative estimate of drug-likeness (QED) is 0.681. The van der Waals surface area contributed by atoms with Gasteiger partial charge in [0.25, 0.3) is 5.91 Å². The lowest BCUT2D eigenvalue weighted by molar-refractivity contribution is 0.0216. The smallest absolute Gasteiger partial charge is 0.270 e. The fraction of sp³-hybridized carbons (Fsp3) is 0.409. The van der Waals surface area contributed by atoms with Crippen molar-refractivity contribution in [2.24, 2.45) is 5.92 Å². The van der Waals surface area contributed by atoms with E-state index >= 15 is 0 Å². The highest BCUT2D eigenvalue weighted by Gasteiger charge is 2.40. The van der Waals surface area contributed by atoms with Crippen molar-refractivity contribution in [3.8, 4) is 11.8 Å². The average Bonchev–Trinajstić information content (AvgIpc) is 3.41. The monoisotopic (exact) mass is 405 g/mol. The van der Waals surface area contributed by atoms with Crippen LogP contribution in [0.4, 0.5) is 0 Å². The van der Waals surface area contributed by atoms with E-state index in [0.29, 0.717) is 24.2 Å². The number of nitrogens with zero attached hydrogens (tertiary/aromatic N) is 4. The zero-order valence-electron chi connectivity index (χ0n) is 16.3. The summed E-state index contributed by atoms with van der Waals surface area (Å²) in [5, 5.41) is 10.4. The predicted octanol–water partition coefficient (Wildman–Crippen LogP) is 2.76. The van der Waals surface area contributed by atoms with E-state index in [4.69, 9.17) is 0 Å². The van der Waals surface area contributed by atoms with Gasteiger partial charge in [0.1, 0.15) is 12.2 Å². The number of nitrogens with one attached hydrogen (secondary N) is 1. The largest absolute Gasteiger partial charge is 0.346 e. The number of carbonyl (C=O) groups is 1. The lowest BCUT2D eigenvalue weighted by Crippen LogP contribution is -2.62. The number of pyridine rings is 1. The van der Waals surface area contributed by atoms with Crippen LogP contribution in [-0.2, 0) is 6.54 Å². The highest BCUT2D eigenvalue weighted by atomic mass is 32.1. The van der Waals surface area contributed by atoms with E-state index in [1.807, 2.05) is 23.7 Å². The van der Waals surface area contributed by atoms with Crippen LogP contribution in [0.1, 0.15) is 35.8 Å². The molecule has 0 unspecified atom stereocenters. The third kappa shape index (κ3) is 3.54. The topological polar surface area (TPSA) is 63.1 Å². The molecule has 1 amide bonds. The average molecular weight is 406 g/mol. The Kier molecular flexibility index (Phi) is 4.82. The normalized spacial score (nSPS) is 25.6. The van der Waals surface area contributed by atoms with E-state index in [1.54, 1.807) is 28.4 Å². The van der Waals surface area contributed by atoms with Crippen molar-refractivity contribution in [3.05, 3.63) is 47.4 Å².